The van der Waals surface area contributed by atoms with Crippen LogP contribution in [0.2, 0.25) is 5.02 Å². The average Bonchev–Trinajstić information content (AvgIpc) is 3.14. The van der Waals surface area contributed by atoms with Crippen LogP contribution in [0.3, 0.4) is 0 Å². The highest BCUT2D eigenvalue weighted by Gasteiger charge is 2.08. The van der Waals surface area contributed by atoms with Crippen molar-refractivity contribution in [2.45, 2.75) is 40.3 Å². The van der Waals surface area contributed by atoms with Gasteiger partial charge < -0.3 is 10.6 Å². The molecule has 0 atom stereocenters. The Labute approximate surface area is 175 Å². The van der Waals surface area contributed by atoms with Crippen molar-refractivity contribution in [3.8, 4) is 0 Å². The number of aryl methyl sites for hydroxylation is 4. The van der Waals surface area contributed by atoms with E-state index in [0.717, 1.165) is 47.3 Å². The summed E-state index contributed by atoms with van der Waals surface area (Å²) in [6, 6.07) is 11.9. The zero-order valence-electron chi connectivity index (χ0n) is 16.4. The number of aromatic nitrogens is 4. The van der Waals surface area contributed by atoms with Crippen molar-refractivity contribution in [2.75, 3.05) is 11.9 Å². The second-order valence-corrected chi connectivity index (χ2v) is 7.62. The van der Waals surface area contributed by atoms with Gasteiger partial charge >= 0.3 is 0 Å². The molecule has 2 N–H and O–H groups in total. The Morgan fingerprint density at radius 2 is 1.82 bits per heavy atom. The molecule has 0 saturated carbocycles. The van der Waals surface area contributed by atoms with Crippen LogP contribution in [-0.2, 0) is 13.1 Å². The molecule has 0 spiro atoms. The zero-order chi connectivity index (χ0) is 20.1. The maximum Gasteiger partial charge on any atom is 0.171 e. The van der Waals surface area contributed by atoms with E-state index in [0.29, 0.717) is 11.7 Å². The first kappa shape index (κ1) is 20.4. The lowest BCUT2D eigenvalue weighted by Gasteiger charge is -2.09. The van der Waals surface area contributed by atoms with Crippen LogP contribution in [0.1, 0.15) is 29.1 Å². The Balaban J connectivity index is 1.48. The first-order valence-electron chi connectivity index (χ1n) is 9.26. The Hall–Kier alpha value is -2.38. The normalized spacial score (nSPS) is 10.9. The molecule has 2 aromatic heterocycles. The van der Waals surface area contributed by atoms with Gasteiger partial charge in [0.1, 0.15) is 0 Å². The quantitative estimate of drug-likeness (QED) is 0.449. The van der Waals surface area contributed by atoms with Crippen LogP contribution in [0.15, 0.2) is 36.4 Å². The van der Waals surface area contributed by atoms with Crippen molar-refractivity contribution < 1.29 is 0 Å². The topological polar surface area (TPSA) is 59.7 Å². The molecule has 2 heterocycles. The number of nitrogens with zero attached hydrogens (tertiary/aromatic N) is 4. The maximum absolute atomic E-state index is 6.25. The molecule has 8 heteroatoms. The molecular weight excluding hydrogens is 392 g/mol. The second-order valence-electron chi connectivity index (χ2n) is 6.80. The average molecular weight is 417 g/mol. The lowest BCUT2D eigenvalue weighted by Crippen LogP contribution is -2.30. The highest BCUT2D eigenvalue weighted by Crippen LogP contribution is 2.18. The molecule has 148 valence electrons. The van der Waals surface area contributed by atoms with Gasteiger partial charge in [-0.2, -0.15) is 10.2 Å². The molecule has 0 unspecified atom stereocenters. The monoisotopic (exact) mass is 416 g/mol. The summed E-state index contributed by atoms with van der Waals surface area (Å²) in [4.78, 5) is 0. The van der Waals surface area contributed by atoms with Crippen LogP contribution < -0.4 is 10.6 Å². The summed E-state index contributed by atoms with van der Waals surface area (Å²) < 4.78 is 3.93. The molecule has 3 aromatic rings. The summed E-state index contributed by atoms with van der Waals surface area (Å²) in [6.07, 6.45) is 0.934. The summed E-state index contributed by atoms with van der Waals surface area (Å²) in [6.45, 7) is 8.34. The number of rotatable bonds is 7. The fraction of sp³-hybridized carbons (Fsp3) is 0.350. The minimum atomic E-state index is 0.566. The van der Waals surface area contributed by atoms with Gasteiger partial charge in [0.15, 0.2) is 10.9 Å². The Bertz CT molecular complexity index is 962. The number of nitrogens with one attached hydrogen (secondary N) is 2. The van der Waals surface area contributed by atoms with E-state index in [-0.39, 0.29) is 0 Å². The van der Waals surface area contributed by atoms with Crippen molar-refractivity contribution in [1.29, 1.82) is 0 Å². The molecule has 0 bridgehead atoms. The van der Waals surface area contributed by atoms with Crippen LogP contribution in [0, 0.1) is 20.8 Å². The first-order valence-corrected chi connectivity index (χ1v) is 10.0. The lowest BCUT2D eigenvalue weighted by molar-refractivity contribution is 0.558. The van der Waals surface area contributed by atoms with E-state index < -0.39 is 0 Å². The van der Waals surface area contributed by atoms with E-state index in [9.17, 15) is 0 Å². The van der Waals surface area contributed by atoms with Crippen molar-refractivity contribution in [1.82, 2.24) is 24.9 Å². The van der Waals surface area contributed by atoms with Crippen molar-refractivity contribution in [3.63, 3.8) is 0 Å². The number of hydrogen-bond donors (Lipinski definition) is 2. The molecule has 3 rings (SSSR count). The van der Waals surface area contributed by atoms with Gasteiger partial charge in [0, 0.05) is 35.6 Å². The van der Waals surface area contributed by atoms with Crippen LogP contribution in [0.5, 0.6) is 0 Å². The van der Waals surface area contributed by atoms with E-state index in [1.54, 1.807) is 0 Å². The minimum Gasteiger partial charge on any atom is -0.362 e. The van der Waals surface area contributed by atoms with Crippen LogP contribution in [0.25, 0.3) is 0 Å². The molecular formula is C20H25ClN6S. The summed E-state index contributed by atoms with van der Waals surface area (Å²) in [5.41, 5.74) is 4.30. The zero-order valence-corrected chi connectivity index (χ0v) is 17.9. The largest absolute Gasteiger partial charge is 0.362 e. The second kappa shape index (κ2) is 9.21. The van der Waals surface area contributed by atoms with Gasteiger partial charge in [0.25, 0.3) is 0 Å². The van der Waals surface area contributed by atoms with E-state index in [1.807, 2.05) is 53.5 Å². The Morgan fingerprint density at radius 3 is 2.54 bits per heavy atom. The predicted molar refractivity (Wildman–Crippen MR) is 118 cm³/mol. The lowest BCUT2D eigenvalue weighted by atomic mass is 10.2. The minimum absolute atomic E-state index is 0.566. The summed E-state index contributed by atoms with van der Waals surface area (Å²) in [7, 11) is 0. The van der Waals surface area contributed by atoms with Gasteiger partial charge in [-0.15, -0.1) is 0 Å². The number of hydrogen-bond acceptors (Lipinski definition) is 3. The molecule has 0 saturated heterocycles. The third kappa shape index (κ3) is 5.33. The van der Waals surface area contributed by atoms with E-state index >= 15 is 0 Å². The fourth-order valence-electron chi connectivity index (χ4n) is 3.01. The summed E-state index contributed by atoms with van der Waals surface area (Å²) >= 11 is 11.6. The molecule has 0 aliphatic rings. The molecule has 0 amide bonds. The summed E-state index contributed by atoms with van der Waals surface area (Å²) in [5, 5.41) is 16.7. The van der Waals surface area contributed by atoms with E-state index in [1.165, 1.54) is 5.69 Å². The molecule has 1 aromatic carbocycles. The molecule has 28 heavy (non-hydrogen) atoms. The molecule has 0 aliphatic heterocycles. The van der Waals surface area contributed by atoms with E-state index in [2.05, 4.69) is 33.8 Å². The highest BCUT2D eigenvalue weighted by molar-refractivity contribution is 7.80. The molecule has 6 nitrogen and oxygen atoms in total. The van der Waals surface area contributed by atoms with Gasteiger partial charge in [-0.05, 0) is 57.1 Å². The van der Waals surface area contributed by atoms with Gasteiger partial charge in [0.05, 0.1) is 12.2 Å². The van der Waals surface area contributed by atoms with Gasteiger partial charge in [-0.3, -0.25) is 9.36 Å². The maximum atomic E-state index is 6.25. The van der Waals surface area contributed by atoms with Crippen molar-refractivity contribution >= 4 is 34.7 Å². The number of thiocarbonyl (C=S) groups is 1. The molecule has 0 aliphatic carbocycles. The smallest absolute Gasteiger partial charge is 0.171 e. The van der Waals surface area contributed by atoms with Crippen LogP contribution in [0.4, 0.5) is 5.82 Å². The number of benzene rings is 1. The Morgan fingerprint density at radius 1 is 1.07 bits per heavy atom. The first-order chi connectivity index (χ1) is 13.4. The molecule has 0 radical (unpaired) electrons. The van der Waals surface area contributed by atoms with Gasteiger partial charge in [0.2, 0.25) is 0 Å². The highest BCUT2D eigenvalue weighted by atomic mass is 35.5. The molecule has 0 fully saturated rings. The SMILES string of the molecule is Cc1cc(C)n(CCCNC(=S)Nc2cc(C)n(Cc3ccccc3Cl)n2)n1. The third-order valence-corrected chi connectivity index (χ3v) is 5.05. The fourth-order valence-corrected chi connectivity index (χ4v) is 3.41. The van der Waals surface area contributed by atoms with Gasteiger partial charge in [-0.1, -0.05) is 29.8 Å². The van der Waals surface area contributed by atoms with Crippen molar-refractivity contribution in [2.24, 2.45) is 0 Å². The van der Waals surface area contributed by atoms with Crippen LogP contribution >= 0.6 is 23.8 Å². The predicted octanol–water partition coefficient (Wildman–Crippen LogP) is 4.08. The van der Waals surface area contributed by atoms with Gasteiger partial charge in [-0.25, -0.2) is 0 Å². The Kier molecular flexibility index (Phi) is 6.70. The van der Waals surface area contributed by atoms with Crippen molar-refractivity contribution in [3.05, 3.63) is 64.1 Å². The number of halogens is 1. The summed E-state index contributed by atoms with van der Waals surface area (Å²) in [5.74, 6) is 0.723. The van der Waals surface area contributed by atoms with E-state index in [4.69, 9.17) is 23.8 Å². The third-order valence-electron chi connectivity index (χ3n) is 4.44. The van der Waals surface area contributed by atoms with Crippen LogP contribution in [-0.4, -0.2) is 31.2 Å². The number of anilines is 1. The standard InChI is InChI=1S/C20H25ClN6S/c1-14-11-15(2)26(24-14)10-6-9-22-20(28)23-19-12-16(3)27(25-19)13-17-7-4-5-8-18(17)21/h4-5,7-8,11-12H,6,9-10,13H2,1-3H3,(H2,22,23,25,28).